The fourth-order valence-electron chi connectivity index (χ4n) is 2.27. The summed E-state index contributed by atoms with van der Waals surface area (Å²) in [5.41, 5.74) is 11.8. The summed E-state index contributed by atoms with van der Waals surface area (Å²) >= 11 is 1.38. The molecule has 7 heteroatoms. The van der Waals surface area contributed by atoms with Crippen LogP contribution in [0.3, 0.4) is 0 Å². The molecule has 6 nitrogen and oxygen atoms in total. The van der Waals surface area contributed by atoms with Crippen LogP contribution < -0.4 is 11.5 Å². The molecule has 0 aliphatic carbocycles. The van der Waals surface area contributed by atoms with E-state index in [-0.39, 0.29) is 22.5 Å². The average Bonchev–Trinajstić information content (AvgIpc) is 2.71. The Kier molecular flexibility index (Phi) is 2.74. The Hall–Kier alpha value is -2.80. The Bertz CT molecular complexity index is 856. The van der Waals surface area contributed by atoms with Gasteiger partial charge in [0, 0.05) is 31.5 Å². The summed E-state index contributed by atoms with van der Waals surface area (Å²) in [7, 11) is 0. The van der Waals surface area contributed by atoms with E-state index in [0.29, 0.717) is 10.8 Å². The lowest BCUT2D eigenvalue weighted by Crippen LogP contribution is -2.02. The molecule has 2 aromatic carbocycles. The first kappa shape index (κ1) is 13.2. The van der Waals surface area contributed by atoms with Crippen molar-refractivity contribution >= 4 is 54.8 Å². The van der Waals surface area contributed by atoms with Gasteiger partial charge in [-0.25, -0.2) is 9.59 Å². The van der Waals surface area contributed by atoms with E-state index < -0.39 is 11.9 Å². The van der Waals surface area contributed by atoms with Crippen molar-refractivity contribution in [2.75, 3.05) is 11.5 Å². The minimum atomic E-state index is -1.12. The summed E-state index contributed by atoms with van der Waals surface area (Å²) in [5, 5.41) is 19.6. The van der Waals surface area contributed by atoms with Gasteiger partial charge in [-0.3, -0.25) is 0 Å². The van der Waals surface area contributed by atoms with Crippen LogP contribution in [0.5, 0.6) is 0 Å². The van der Waals surface area contributed by atoms with Gasteiger partial charge in [-0.05, 0) is 24.3 Å². The van der Waals surface area contributed by atoms with Crippen molar-refractivity contribution < 1.29 is 19.8 Å². The van der Waals surface area contributed by atoms with Gasteiger partial charge in [0.1, 0.15) is 0 Å². The minimum absolute atomic E-state index is 0.00380. The van der Waals surface area contributed by atoms with Gasteiger partial charge in [-0.15, -0.1) is 11.3 Å². The number of nitrogen functional groups attached to an aromatic ring is 2. The Labute approximate surface area is 122 Å². The highest BCUT2D eigenvalue weighted by Crippen LogP contribution is 2.38. The third kappa shape index (κ3) is 1.95. The normalized spacial score (nSPS) is 11.0. The highest BCUT2D eigenvalue weighted by Gasteiger charge is 2.16. The molecular formula is C14H10N2O4S. The maximum absolute atomic E-state index is 11.2. The number of carboxylic acid groups (broad SMARTS) is 2. The number of aromatic carboxylic acids is 2. The average molecular weight is 302 g/mol. The lowest BCUT2D eigenvalue weighted by molar-refractivity contribution is 0.0687. The van der Waals surface area contributed by atoms with E-state index in [9.17, 15) is 9.59 Å². The van der Waals surface area contributed by atoms with Crippen molar-refractivity contribution in [1.82, 2.24) is 0 Å². The van der Waals surface area contributed by atoms with Crippen LogP contribution in [0, 0.1) is 0 Å². The second-order valence-electron chi connectivity index (χ2n) is 4.58. The van der Waals surface area contributed by atoms with Crippen molar-refractivity contribution in [3.8, 4) is 0 Å². The van der Waals surface area contributed by atoms with Crippen LogP contribution in [0.2, 0.25) is 0 Å². The molecule has 3 aromatic rings. The number of anilines is 2. The number of hydrogen-bond acceptors (Lipinski definition) is 5. The fourth-order valence-corrected chi connectivity index (χ4v) is 3.44. The quantitative estimate of drug-likeness (QED) is 0.539. The first-order chi connectivity index (χ1) is 9.88. The minimum Gasteiger partial charge on any atom is -0.478 e. The SMILES string of the molecule is Nc1cc2sc3cc(N)c(C(=O)O)cc3c2cc1C(=O)O. The molecule has 0 spiro atoms. The molecule has 0 saturated heterocycles. The summed E-state index contributed by atoms with van der Waals surface area (Å²) in [6.45, 7) is 0. The van der Waals surface area contributed by atoms with Crippen molar-refractivity contribution in [1.29, 1.82) is 0 Å². The number of carboxylic acids is 2. The first-order valence-corrected chi connectivity index (χ1v) is 6.72. The van der Waals surface area contributed by atoms with E-state index in [0.717, 1.165) is 9.40 Å². The number of thiophene rings is 1. The van der Waals surface area contributed by atoms with E-state index in [1.165, 1.54) is 23.5 Å². The zero-order valence-electron chi connectivity index (χ0n) is 10.6. The predicted octanol–water partition coefficient (Wildman–Crippen LogP) is 2.62. The van der Waals surface area contributed by atoms with Crippen LogP contribution in [0.4, 0.5) is 11.4 Å². The number of fused-ring (bicyclic) bond motifs is 3. The van der Waals surface area contributed by atoms with Gasteiger partial charge in [0.25, 0.3) is 0 Å². The molecule has 0 unspecified atom stereocenters. The predicted molar refractivity (Wildman–Crippen MR) is 82.1 cm³/mol. The van der Waals surface area contributed by atoms with Crippen molar-refractivity contribution in [2.45, 2.75) is 0 Å². The number of hydrogen-bond donors (Lipinski definition) is 4. The van der Waals surface area contributed by atoms with Crippen LogP contribution in [0.25, 0.3) is 20.2 Å². The molecule has 0 aliphatic rings. The van der Waals surface area contributed by atoms with E-state index >= 15 is 0 Å². The maximum Gasteiger partial charge on any atom is 0.337 e. The summed E-state index contributed by atoms with van der Waals surface area (Å²) in [4.78, 5) is 22.3. The van der Waals surface area contributed by atoms with Gasteiger partial charge in [-0.1, -0.05) is 0 Å². The number of nitrogens with two attached hydrogens (primary N) is 2. The smallest absolute Gasteiger partial charge is 0.337 e. The zero-order valence-corrected chi connectivity index (χ0v) is 11.4. The van der Waals surface area contributed by atoms with Crippen molar-refractivity contribution in [3.63, 3.8) is 0 Å². The monoisotopic (exact) mass is 302 g/mol. The van der Waals surface area contributed by atoms with Crippen LogP contribution in [-0.2, 0) is 0 Å². The van der Waals surface area contributed by atoms with E-state index in [2.05, 4.69) is 0 Å². The summed E-state index contributed by atoms with van der Waals surface area (Å²) in [5.74, 6) is -2.25. The Morgan fingerprint density at radius 3 is 1.52 bits per heavy atom. The van der Waals surface area contributed by atoms with E-state index in [1.54, 1.807) is 12.1 Å². The molecule has 0 fully saturated rings. The van der Waals surface area contributed by atoms with Crippen LogP contribution in [-0.4, -0.2) is 22.2 Å². The van der Waals surface area contributed by atoms with Crippen molar-refractivity contribution in [3.05, 3.63) is 35.4 Å². The number of benzene rings is 2. The maximum atomic E-state index is 11.2. The summed E-state index contributed by atoms with van der Waals surface area (Å²) < 4.78 is 1.57. The van der Waals surface area contributed by atoms with Gasteiger partial charge < -0.3 is 21.7 Å². The molecule has 106 valence electrons. The standard InChI is InChI=1S/C14H10N2O4S/c15-9-3-11-5(1-7(9)13(17)18)6-2-8(14(19)20)10(16)4-12(6)21-11/h1-4H,15-16H2,(H,17,18)(H,19,20). The molecule has 0 bridgehead atoms. The van der Waals surface area contributed by atoms with Crippen LogP contribution in [0.15, 0.2) is 24.3 Å². The molecule has 0 atom stereocenters. The second-order valence-corrected chi connectivity index (χ2v) is 5.67. The van der Waals surface area contributed by atoms with Crippen LogP contribution in [0.1, 0.15) is 20.7 Å². The molecule has 1 heterocycles. The third-order valence-corrected chi connectivity index (χ3v) is 4.39. The van der Waals surface area contributed by atoms with Gasteiger partial charge in [-0.2, -0.15) is 0 Å². The number of carbonyl (C=O) groups is 2. The molecule has 0 aliphatic heterocycles. The molecule has 0 amide bonds. The van der Waals surface area contributed by atoms with Gasteiger partial charge >= 0.3 is 11.9 Å². The van der Waals surface area contributed by atoms with Gasteiger partial charge in [0.15, 0.2) is 0 Å². The molecule has 1 aromatic heterocycles. The second kappa shape index (κ2) is 4.35. The number of rotatable bonds is 2. The topological polar surface area (TPSA) is 127 Å². The molecular weight excluding hydrogens is 292 g/mol. The van der Waals surface area contributed by atoms with Crippen molar-refractivity contribution in [2.24, 2.45) is 0 Å². The van der Waals surface area contributed by atoms with E-state index in [4.69, 9.17) is 21.7 Å². The molecule has 0 saturated carbocycles. The first-order valence-electron chi connectivity index (χ1n) is 5.90. The zero-order chi connectivity index (χ0) is 15.3. The highest BCUT2D eigenvalue weighted by molar-refractivity contribution is 7.25. The lowest BCUT2D eigenvalue weighted by atomic mass is 10.0. The molecule has 21 heavy (non-hydrogen) atoms. The van der Waals surface area contributed by atoms with Crippen LogP contribution >= 0.6 is 11.3 Å². The Balaban J connectivity index is 2.44. The van der Waals surface area contributed by atoms with E-state index in [1.807, 2.05) is 0 Å². The summed E-state index contributed by atoms with van der Waals surface area (Å²) in [6, 6.07) is 6.10. The lowest BCUT2D eigenvalue weighted by Gasteiger charge is -2.02. The molecule has 3 rings (SSSR count). The Morgan fingerprint density at radius 1 is 0.810 bits per heavy atom. The largest absolute Gasteiger partial charge is 0.478 e. The Morgan fingerprint density at radius 2 is 1.19 bits per heavy atom. The van der Waals surface area contributed by atoms with Gasteiger partial charge in [0.05, 0.1) is 11.1 Å². The fraction of sp³-hybridized carbons (Fsp3) is 0. The highest BCUT2D eigenvalue weighted by atomic mass is 32.1. The van der Waals surface area contributed by atoms with Gasteiger partial charge in [0.2, 0.25) is 0 Å². The molecule has 6 N–H and O–H groups in total. The third-order valence-electron chi connectivity index (χ3n) is 3.27. The summed E-state index contributed by atoms with van der Waals surface area (Å²) in [6.07, 6.45) is 0. The molecule has 0 radical (unpaired) electrons.